The van der Waals surface area contributed by atoms with E-state index in [1.807, 2.05) is 60.9 Å². The van der Waals surface area contributed by atoms with Crippen LogP contribution in [-0.2, 0) is 20.1 Å². The quantitative estimate of drug-likeness (QED) is 0.460. The molecular formula is C25H26ClN5O2. The highest BCUT2D eigenvalue weighted by atomic mass is 35.5. The van der Waals surface area contributed by atoms with Gasteiger partial charge in [0, 0.05) is 30.8 Å². The Bertz CT molecular complexity index is 1510. The second-order valence-corrected chi connectivity index (χ2v) is 9.44. The number of halogens is 1. The number of hydrogen-bond acceptors (Lipinski definition) is 4. The summed E-state index contributed by atoms with van der Waals surface area (Å²) < 4.78 is 4.75. The number of benzene rings is 2. The van der Waals surface area contributed by atoms with Crippen LogP contribution in [0.2, 0.25) is 5.02 Å². The molecule has 0 radical (unpaired) electrons. The highest BCUT2D eigenvalue weighted by molar-refractivity contribution is 6.30. The molecule has 0 saturated heterocycles. The molecule has 0 spiro atoms. The zero-order valence-electron chi connectivity index (χ0n) is 19.2. The van der Waals surface area contributed by atoms with Crippen LogP contribution in [-0.4, -0.2) is 25.2 Å². The first-order chi connectivity index (χ1) is 15.8. The Morgan fingerprint density at radius 1 is 1.06 bits per heavy atom. The number of nitrogens with zero attached hydrogens (tertiary/aromatic N) is 5. The van der Waals surface area contributed by atoms with Crippen molar-refractivity contribution in [3.63, 3.8) is 0 Å². The third-order valence-corrected chi connectivity index (χ3v) is 6.73. The second kappa shape index (κ2) is 7.92. The van der Waals surface area contributed by atoms with E-state index in [4.69, 9.17) is 16.6 Å². The van der Waals surface area contributed by atoms with Gasteiger partial charge in [-0.3, -0.25) is 13.9 Å². The van der Waals surface area contributed by atoms with Crippen molar-refractivity contribution >= 4 is 34.4 Å². The summed E-state index contributed by atoms with van der Waals surface area (Å²) >= 11 is 6.31. The smallest absolute Gasteiger partial charge is 0.311 e. The van der Waals surface area contributed by atoms with Crippen LogP contribution in [0.15, 0.2) is 52.1 Å². The fraction of sp³-hybridized carbons (Fsp3) is 0.320. The molecule has 2 aromatic carbocycles. The van der Waals surface area contributed by atoms with Gasteiger partial charge in [-0.15, -0.1) is 0 Å². The predicted molar refractivity (Wildman–Crippen MR) is 132 cm³/mol. The molecule has 7 nitrogen and oxygen atoms in total. The van der Waals surface area contributed by atoms with Gasteiger partial charge in [-0.1, -0.05) is 48.9 Å². The minimum absolute atomic E-state index is 0.224. The van der Waals surface area contributed by atoms with Crippen molar-refractivity contribution in [3.8, 4) is 0 Å². The molecule has 0 aliphatic carbocycles. The maximum absolute atomic E-state index is 13.7. The van der Waals surface area contributed by atoms with E-state index in [9.17, 15) is 9.59 Å². The Kier molecular flexibility index (Phi) is 5.16. The molecule has 8 heteroatoms. The number of fused-ring (bicyclic) bond motifs is 3. The van der Waals surface area contributed by atoms with Gasteiger partial charge in [0.05, 0.1) is 6.54 Å². The largest absolute Gasteiger partial charge is 0.332 e. The van der Waals surface area contributed by atoms with Crippen LogP contribution in [0.5, 0.6) is 0 Å². The molecule has 0 N–H and O–H groups in total. The monoisotopic (exact) mass is 463 g/mol. The zero-order valence-corrected chi connectivity index (χ0v) is 19.9. The molecule has 1 aliphatic heterocycles. The van der Waals surface area contributed by atoms with Crippen LogP contribution in [0.25, 0.3) is 11.2 Å². The Balaban J connectivity index is 1.75. The van der Waals surface area contributed by atoms with Gasteiger partial charge in [0.15, 0.2) is 11.2 Å². The second-order valence-electron chi connectivity index (χ2n) is 9.00. The lowest BCUT2D eigenvalue weighted by Crippen LogP contribution is -2.40. The van der Waals surface area contributed by atoms with Crippen molar-refractivity contribution in [2.75, 3.05) is 11.4 Å². The van der Waals surface area contributed by atoms with Crippen LogP contribution < -0.4 is 16.1 Å². The van der Waals surface area contributed by atoms with E-state index >= 15 is 0 Å². The summed E-state index contributed by atoms with van der Waals surface area (Å²) in [5.74, 6) is 0.934. The van der Waals surface area contributed by atoms with E-state index in [1.165, 1.54) is 9.13 Å². The van der Waals surface area contributed by atoms with Gasteiger partial charge in [-0.25, -0.2) is 4.79 Å². The summed E-state index contributed by atoms with van der Waals surface area (Å²) in [6, 6.07) is 13.6. The Morgan fingerprint density at radius 2 is 1.82 bits per heavy atom. The molecule has 0 bridgehead atoms. The fourth-order valence-corrected chi connectivity index (χ4v) is 4.84. The SMILES string of the molecule is Cc1ccccc1Cn1c(=O)c2c(nc3n2C[C@H](C)CN3c2cc(Cl)ccc2C)n(C)c1=O. The fourth-order valence-electron chi connectivity index (χ4n) is 4.68. The van der Waals surface area contributed by atoms with Crippen molar-refractivity contribution < 1.29 is 0 Å². The van der Waals surface area contributed by atoms with E-state index in [-0.39, 0.29) is 23.7 Å². The summed E-state index contributed by atoms with van der Waals surface area (Å²) in [5, 5.41) is 0.643. The van der Waals surface area contributed by atoms with E-state index < -0.39 is 0 Å². The molecule has 3 heterocycles. The molecule has 1 aliphatic rings. The maximum Gasteiger partial charge on any atom is 0.332 e. The number of aromatic nitrogens is 4. The van der Waals surface area contributed by atoms with Gasteiger partial charge in [0.2, 0.25) is 5.95 Å². The Hall–Kier alpha value is -3.32. The predicted octanol–water partition coefficient (Wildman–Crippen LogP) is 4.00. The number of rotatable bonds is 3. The van der Waals surface area contributed by atoms with Crippen molar-refractivity contribution in [2.45, 2.75) is 33.9 Å². The first-order valence-electron chi connectivity index (χ1n) is 11.0. The van der Waals surface area contributed by atoms with Crippen LogP contribution >= 0.6 is 11.6 Å². The van der Waals surface area contributed by atoms with Gasteiger partial charge < -0.3 is 9.47 Å². The molecule has 0 fully saturated rings. The third kappa shape index (κ3) is 3.47. The van der Waals surface area contributed by atoms with Crippen molar-refractivity contribution in [1.82, 2.24) is 18.7 Å². The van der Waals surface area contributed by atoms with Gasteiger partial charge in [-0.2, -0.15) is 4.98 Å². The highest BCUT2D eigenvalue weighted by Crippen LogP contribution is 2.35. The van der Waals surface area contributed by atoms with Gasteiger partial charge in [-0.05, 0) is 48.6 Å². The van der Waals surface area contributed by atoms with Crippen molar-refractivity contribution in [1.29, 1.82) is 0 Å². The molecule has 170 valence electrons. The Morgan fingerprint density at radius 3 is 2.58 bits per heavy atom. The van der Waals surface area contributed by atoms with Crippen LogP contribution in [0.3, 0.4) is 0 Å². The summed E-state index contributed by atoms with van der Waals surface area (Å²) in [4.78, 5) is 33.8. The molecular weight excluding hydrogens is 438 g/mol. The molecule has 5 rings (SSSR count). The topological polar surface area (TPSA) is 65.1 Å². The van der Waals surface area contributed by atoms with Crippen LogP contribution in [0, 0.1) is 19.8 Å². The zero-order chi connectivity index (χ0) is 23.4. The van der Waals surface area contributed by atoms with E-state index in [2.05, 4.69) is 11.8 Å². The molecule has 4 aromatic rings. The van der Waals surface area contributed by atoms with Crippen molar-refractivity contribution in [3.05, 3.63) is 85.0 Å². The summed E-state index contributed by atoms with van der Waals surface area (Å²) in [5.41, 5.74) is 4.18. The molecule has 1 atom stereocenters. The normalized spacial score (nSPS) is 15.8. The summed E-state index contributed by atoms with van der Waals surface area (Å²) in [6.45, 7) is 7.78. The standard InChI is InChI=1S/C25H26ClN5O2/c1-15-12-29(20-11-19(26)10-9-17(20)3)24-27-22-21(30(24)13-15)23(32)31(25(33)28(22)4)14-18-8-6-5-7-16(18)2/h5-11,15H,12-14H2,1-4H3/t15-/m1/s1. The van der Waals surface area contributed by atoms with E-state index in [0.29, 0.717) is 28.7 Å². The summed E-state index contributed by atoms with van der Waals surface area (Å²) in [7, 11) is 1.68. The van der Waals surface area contributed by atoms with E-state index in [0.717, 1.165) is 28.9 Å². The molecule has 33 heavy (non-hydrogen) atoms. The Labute approximate surface area is 196 Å². The molecule has 2 aromatic heterocycles. The number of imidazole rings is 1. The maximum atomic E-state index is 13.7. The minimum Gasteiger partial charge on any atom is -0.311 e. The third-order valence-electron chi connectivity index (χ3n) is 6.49. The number of anilines is 2. The summed E-state index contributed by atoms with van der Waals surface area (Å²) in [6.07, 6.45) is 0. The minimum atomic E-state index is -0.371. The van der Waals surface area contributed by atoms with Crippen molar-refractivity contribution in [2.24, 2.45) is 13.0 Å². The first-order valence-corrected chi connectivity index (χ1v) is 11.4. The number of hydrogen-bond donors (Lipinski definition) is 0. The van der Waals surface area contributed by atoms with Crippen LogP contribution in [0.1, 0.15) is 23.6 Å². The van der Waals surface area contributed by atoms with Crippen LogP contribution in [0.4, 0.5) is 11.6 Å². The van der Waals surface area contributed by atoms with Gasteiger partial charge in [0.25, 0.3) is 5.56 Å². The lowest BCUT2D eigenvalue weighted by atomic mass is 10.1. The molecule has 0 unspecified atom stereocenters. The first kappa shape index (κ1) is 21.5. The average molecular weight is 464 g/mol. The average Bonchev–Trinajstić information content (AvgIpc) is 3.17. The van der Waals surface area contributed by atoms with Gasteiger partial charge in [0.1, 0.15) is 0 Å². The lowest BCUT2D eigenvalue weighted by molar-refractivity contribution is 0.457. The van der Waals surface area contributed by atoms with E-state index in [1.54, 1.807) is 7.05 Å². The highest BCUT2D eigenvalue weighted by Gasteiger charge is 2.30. The number of aryl methyl sites for hydroxylation is 3. The molecule has 0 saturated carbocycles. The molecule has 0 amide bonds. The lowest BCUT2D eigenvalue weighted by Gasteiger charge is -2.33. The van der Waals surface area contributed by atoms with Gasteiger partial charge >= 0.3 is 5.69 Å².